The standard InChI is InChI=1S/C23H30N6O2S2/c1-16-10-6-8-12-18(16)24-22(32)28-26-20(30)14-4-3-5-15-21(31)27-29-23(33)25-19-13-9-7-11-17(19)2/h6-13H,3-5,14-15H2,1-2H3,(H,26,30)(H,27,31)(H2,24,28,32)(H2,25,29,33). The normalized spacial score (nSPS) is 10.0. The second-order valence-electron chi connectivity index (χ2n) is 7.45. The number of hydrogen-bond donors (Lipinski definition) is 6. The maximum atomic E-state index is 11.9. The summed E-state index contributed by atoms with van der Waals surface area (Å²) >= 11 is 10.4. The van der Waals surface area contributed by atoms with E-state index in [0.29, 0.717) is 35.9 Å². The zero-order valence-corrected chi connectivity index (χ0v) is 20.4. The van der Waals surface area contributed by atoms with Crippen LogP contribution in [0.3, 0.4) is 0 Å². The van der Waals surface area contributed by atoms with Crippen LogP contribution in [-0.4, -0.2) is 22.0 Å². The van der Waals surface area contributed by atoms with E-state index in [9.17, 15) is 9.59 Å². The maximum absolute atomic E-state index is 11.9. The van der Waals surface area contributed by atoms with Gasteiger partial charge < -0.3 is 10.6 Å². The molecule has 2 aromatic rings. The van der Waals surface area contributed by atoms with E-state index in [2.05, 4.69) is 32.3 Å². The van der Waals surface area contributed by atoms with Gasteiger partial charge in [0.05, 0.1) is 0 Å². The molecule has 0 aliphatic heterocycles. The fourth-order valence-electron chi connectivity index (χ4n) is 2.86. The van der Waals surface area contributed by atoms with Crippen LogP contribution in [0.4, 0.5) is 11.4 Å². The SMILES string of the molecule is Cc1ccccc1NC(=S)NNC(=O)CCCCCC(=O)NNC(=S)Nc1ccccc1C. The zero-order chi connectivity index (χ0) is 24.1. The van der Waals surface area contributed by atoms with E-state index in [1.165, 1.54) is 0 Å². The number of para-hydroxylation sites is 2. The van der Waals surface area contributed by atoms with Gasteiger partial charge >= 0.3 is 0 Å². The number of benzene rings is 2. The third-order valence-electron chi connectivity index (χ3n) is 4.73. The first-order chi connectivity index (χ1) is 15.8. The molecule has 2 rings (SSSR count). The Morgan fingerprint density at radius 3 is 1.42 bits per heavy atom. The summed E-state index contributed by atoms with van der Waals surface area (Å²) in [6.07, 6.45) is 2.76. The predicted octanol–water partition coefficient (Wildman–Crippen LogP) is 3.59. The Morgan fingerprint density at radius 2 is 1.03 bits per heavy atom. The third-order valence-corrected chi connectivity index (χ3v) is 5.13. The molecule has 0 radical (unpaired) electrons. The van der Waals surface area contributed by atoms with Gasteiger partial charge in [0.2, 0.25) is 11.8 Å². The van der Waals surface area contributed by atoms with Crippen molar-refractivity contribution in [1.82, 2.24) is 21.7 Å². The summed E-state index contributed by atoms with van der Waals surface area (Å²) in [5.41, 5.74) is 14.4. The molecule has 0 saturated carbocycles. The average Bonchev–Trinajstić information content (AvgIpc) is 2.79. The van der Waals surface area contributed by atoms with Crippen molar-refractivity contribution in [3.05, 3.63) is 59.7 Å². The number of rotatable bonds is 8. The second kappa shape index (κ2) is 14.0. The van der Waals surface area contributed by atoms with Gasteiger partial charge in [0.15, 0.2) is 10.2 Å². The molecule has 0 unspecified atom stereocenters. The van der Waals surface area contributed by atoms with Crippen LogP contribution in [0, 0.1) is 13.8 Å². The van der Waals surface area contributed by atoms with Crippen LogP contribution < -0.4 is 32.3 Å². The minimum Gasteiger partial charge on any atom is -0.331 e. The summed E-state index contributed by atoms with van der Waals surface area (Å²) < 4.78 is 0. The number of thiocarbonyl (C=S) groups is 2. The van der Waals surface area contributed by atoms with Crippen LogP contribution in [0.1, 0.15) is 43.2 Å². The predicted molar refractivity (Wildman–Crippen MR) is 140 cm³/mol. The van der Waals surface area contributed by atoms with Crippen molar-refractivity contribution in [3.8, 4) is 0 Å². The van der Waals surface area contributed by atoms with Gasteiger partial charge in [-0.1, -0.05) is 42.8 Å². The first kappa shape index (κ1) is 26.0. The molecule has 176 valence electrons. The van der Waals surface area contributed by atoms with Crippen LogP contribution >= 0.6 is 24.4 Å². The monoisotopic (exact) mass is 486 g/mol. The fourth-order valence-corrected chi connectivity index (χ4v) is 3.18. The molecule has 6 N–H and O–H groups in total. The molecular formula is C23H30N6O2S2. The smallest absolute Gasteiger partial charge is 0.238 e. The highest BCUT2D eigenvalue weighted by Crippen LogP contribution is 2.13. The van der Waals surface area contributed by atoms with Gasteiger partial charge in [-0.25, -0.2) is 0 Å². The molecular weight excluding hydrogens is 456 g/mol. The molecule has 2 amide bonds. The Kier molecular flexibility index (Phi) is 11.1. The quantitative estimate of drug-likeness (QED) is 0.191. The van der Waals surface area contributed by atoms with Gasteiger partial charge in [-0.2, -0.15) is 0 Å². The van der Waals surface area contributed by atoms with E-state index >= 15 is 0 Å². The highest BCUT2D eigenvalue weighted by atomic mass is 32.1. The number of hydrogen-bond acceptors (Lipinski definition) is 4. The number of aryl methyl sites for hydroxylation is 2. The number of amides is 2. The lowest BCUT2D eigenvalue weighted by atomic mass is 10.1. The summed E-state index contributed by atoms with van der Waals surface area (Å²) in [5, 5.41) is 6.70. The van der Waals surface area contributed by atoms with Crippen molar-refractivity contribution >= 4 is 57.8 Å². The molecule has 0 fully saturated rings. The molecule has 8 nitrogen and oxygen atoms in total. The Morgan fingerprint density at radius 1 is 0.636 bits per heavy atom. The summed E-state index contributed by atoms with van der Waals surface area (Å²) in [7, 11) is 0. The van der Waals surface area contributed by atoms with E-state index in [1.54, 1.807) is 0 Å². The number of hydrazine groups is 2. The van der Waals surface area contributed by atoms with Gasteiger partial charge in [0, 0.05) is 24.2 Å². The zero-order valence-electron chi connectivity index (χ0n) is 18.8. The van der Waals surface area contributed by atoms with E-state index in [0.717, 1.165) is 28.9 Å². The first-order valence-corrected chi connectivity index (χ1v) is 11.5. The summed E-state index contributed by atoms with van der Waals surface area (Å²) in [5.74, 6) is -0.328. The Hall–Kier alpha value is -3.24. The Bertz CT molecular complexity index is 905. The lowest BCUT2D eigenvalue weighted by Crippen LogP contribution is -2.44. The minimum atomic E-state index is -0.164. The Labute approximate surface area is 205 Å². The maximum Gasteiger partial charge on any atom is 0.238 e. The van der Waals surface area contributed by atoms with Gasteiger partial charge in [-0.15, -0.1) is 0 Å². The second-order valence-corrected chi connectivity index (χ2v) is 8.26. The van der Waals surface area contributed by atoms with Crippen molar-refractivity contribution < 1.29 is 9.59 Å². The number of nitrogens with one attached hydrogen (secondary N) is 6. The van der Waals surface area contributed by atoms with E-state index in [-0.39, 0.29) is 11.8 Å². The van der Waals surface area contributed by atoms with E-state index in [4.69, 9.17) is 24.4 Å². The van der Waals surface area contributed by atoms with Crippen LogP contribution in [0.15, 0.2) is 48.5 Å². The van der Waals surface area contributed by atoms with Crippen molar-refractivity contribution in [1.29, 1.82) is 0 Å². The number of unbranched alkanes of at least 4 members (excludes halogenated alkanes) is 2. The fraction of sp³-hybridized carbons (Fsp3) is 0.304. The van der Waals surface area contributed by atoms with E-state index in [1.807, 2.05) is 62.4 Å². The first-order valence-electron chi connectivity index (χ1n) is 10.7. The number of anilines is 2. The molecule has 0 atom stereocenters. The molecule has 33 heavy (non-hydrogen) atoms. The van der Waals surface area contributed by atoms with Crippen LogP contribution in [0.2, 0.25) is 0 Å². The van der Waals surface area contributed by atoms with Crippen LogP contribution in [0.25, 0.3) is 0 Å². The topological polar surface area (TPSA) is 106 Å². The highest BCUT2D eigenvalue weighted by Gasteiger charge is 2.06. The molecule has 0 aliphatic rings. The lowest BCUT2D eigenvalue weighted by Gasteiger charge is -2.13. The molecule has 0 spiro atoms. The molecule has 0 bridgehead atoms. The minimum absolute atomic E-state index is 0.164. The molecule has 0 aliphatic carbocycles. The van der Waals surface area contributed by atoms with Gasteiger partial charge in [-0.05, 0) is 74.4 Å². The largest absolute Gasteiger partial charge is 0.331 e. The molecule has 0 heterocycles. The summed E-state index contributed by atoms with van der Waals surface area (Å²) in [6.45, 7) is 3.94. The summed E-state index contributed by atoms with van der Waals surface area (Å²) in [4.78, 5) is 23.9. The molecule has 0 saturated heterocycles. The lowest BCUT2D eigenvalue weighted by molar-refractivity contribution is -0.122. The van der Waals surface area contributed by atoms with Crippen molar-refractivity contribution in [2.75, 3.05) is 10.6 Å². The molecule has 10 heteroatoms. The van der Waals surface area contributed by atoms with Crippen molar-refractivity contribution in [2.24, 2.45) is 0 Å². The van der Waals surface area contributed by atoms with Gasteiger partial charge in [-0.3, -0.25) is 31.3 Å². The van der Waals surface area contributed by atoms with Crippen molar-refractivity contribution in [2.45, 2.75) is 46.0 Å². The van der Waals surface area contributed by atoms with Crippen LogP contribution in [-0.2, 0) is 9.59 Å². The average molecular weight is 487 g/mol. The van der Waals surface area contributed by atoms with E-state index < -0.39 is 0 Å². The highest BCUT2D eigenvalue weighted by molar-refractivity contribution is 7.80. The molecule has 0 aromatic heterocycles. The van der Waals surface area contributed by atoms with Gasteiger partial charge in [0.25, 0.3) is 0 Å². The van der Waals surface area contributed by atoms with Crippen molar-refractivity contribution in [3.63, 3.8) is 0 Å². The van der Waals surface area contributed by atoms with Crippen LogP contribution in [0.5, 0.6) is 0 Å². The molecule has 2 aromatic carbocycles. The third kappa shape index (κ3) is 10.3. The number of carbonyl (C=O) groups is 2. The summed E-state index contributed by atoms with van der Waals surface area (Å²) in [6, 6.07) is 15.5. The van der Waals surface area contributed by atoms with Gasteiger partial charge in [0.1, 0.15) is 0 Å². The Balaban J connectivity index is 1.51. The number of carbonyl (C=O) groups excluding carboxylic acids is 2.